The highest BCUT2D eigenvalue weighted by Crippen LogP contribution is 2.11. The van der Waals surface area contributed by atoms with Crippen molar-refractivity contribution in [1.29, 1.82) is 0 Å². The largest absolute Gasteiger partial charge is 0.314 e. The first kappa shape index (κ1) is 12.2. The third kappa shape index (κ3) is 3.11. The van der Waals surface area contributed by atoms with Crippen molar-refractivity contribution in [2.24, 2.45) is 0 Å². The summed E-state index contributed by atoms with van der Waals surface area (Å²) in [5, 5.41) is 4.49. The molecule has 0 spiro atoms. The molecule has 0 bridgehead atoms. The van der Waals surface area contributed by atoms with Crippen LogP contribution in [0.25, 0.3) is 10.9 Å². The molecule has 0 amide bonds. The molecule has 1 aromatic heterocycles. The Kier molecular flexibility index (Phi) is 3.73. The molecule has 1 aromatic carbocycles. The van der Waals surface area contributed by atoms with E-state index in [0.717, 1.165) is 49.2 Å². The molecule has 0 radical (unpaired) electrons. The van der Waals surface area contributed by atoms with E-state index in [0.29, 0.717) is 0 Å². The average Bonchev–Trinajstić information content (AvgIpc) is 2.48. The van der Waals surface area contributed by atoms with Gasteiger partial charge in [0.2, 0.25) is 0 Å². The highest BCUT2D eigenvalue weighted by atomic mass is 15.2. The molecule has 96 valence electrons. The normalized spacial score (nSPS) is 16.0. The van der Waals surface area contributed by atoms with Gasteiger partial charge in [-0.1, -0.05) is 30.0 Å². The summed E-state index contributed by atoms with van der Waals surface area (Å²) in [4.78, 5) is 6.79. The number of fused-ring (bicyclic) bond motifs is 1. The number of hydrogen-bond acceptors (Lipinski definition) is 3. The van der Waals surface area contributed by atoms with E-state index >= 15 is 0 Å². The molecule has 0 saturated carbocycles. The van der Waals surface area contributed by atoms with Gasteiger partial charge in [0.1, 0.15) is 0 Å². The minimum Gasteiger partial charge on any atom is -0.314 e. The Morgan fingerprint density at radius 2 is 2.05 bits per heavy atom. The average molecular weight is 251 g/mol. The van der Waals surface area contributed by atoms with Crippen LogP contribution < -0.4 is 5.32 Å². The lowest BCUT2D eigenvalue weighted by atomic mass is 10.1. The molecule has 19 heavy (non-hydrogen) atoms. The quantitative estimate of drug-likeness (QED) is 0.778. The molecule has 2 aromatic rings. The molecular weight excluding hydrogens is 234 g/mol. The molecule has 3 nitrogen and oxygen atoms in total. The summed E-state index contributed by atoms with van der Waals surface area (Å²) >= 11 is 0. The summed E-state index contributed by atoms with van der Waals surface area (Å²) in [6.07, 6.45) is 1.85. The number of pyridine rings is 1. The maximum atomic E-state index is 4.42. The van der Waals surface area contributed by atoms with Gasteiger partial charge in [-0.3, -0.25) is 9.88 Å². The van der Waals surface area contributed by atoms with Crippen LogP contribution in [0.3, 0.4) is 0 Å². The third-order valence-corrected chi connectivity index (χ3v) is 3.34. The fraction of sp³-hybridized carbons (Fsp3) is 0.312. The summed E-state index contributed by atoms with van der Waals surface area (Å²) in [5.74, 6) is 6.45. The number of nitrogens with zero attached hydrogens (tertiary/aromatic N) is 2. The van der Waals surface area contributed by atoms with E-state index in [1.54, 1.807) is 0 Å². The van der Waals surface area contributed by atoms with Crippen molar-refractivity contribution < 1.29 is 0 Å². The Hall–Kier alpha value is -1.89. The Balaban J connectivity index is 1.70. The minimum atomic E-state index is 0.842. The van der Waals surface area contributed by atoms with Gasteiger partial charge >= 0.3 is 0 Å². The minimum absolute atomic E-state index is 0.842. The number of para-hydroxylation sites is 1. The van der Waals surface area contributed by atoms with Gasteiger partial charge in [-0.05, 0) is 12.1 Å². The van der Waals surface area contributed by atoms with Gasteiger partial charge in [0, 0.05) is 43.3 Å². The first-order valence-corrected chi connectivity index (χ1v) is 6.68. The molecule has 3 rings (SSSR count). The summed E-state index contributed by atoms with van der Waals surface area (Å²) in [5.41, 5.74) is 2.02. The molecule has 3 heteroatoms. The smallest absolute Gasteiger partial charge is 0.0702 e. The number of benzene rings is 1. The van der Waals surface area contributed by atoms with E-state index < -0.39 is 0 Å². The summed E-state index contributed by atoms with van der Waals surface area (Å²) in [6.45, 7) is 5.15. The van der Waals surface area contributed by atoms with Gasteiger partial charge in [-0.25, -0.2) is 0 Å². The van der Waals surface area contributed by atoms with E-state index in [1.807, 2.05) is 24.4 Å². The zero-order chi connectivity index (χ0) is 12.9. The van der Waals surface area contributed by atoms with Crippen LogP contribution >= 0.6 is 0 Å². The van der Waals surface area contributed by atoms with Crippen molar-refractivity contribution in [3.63, 3.8) is 0 Å². The van der Waals surface area contributed by atoms with Crippen LogP contribution in [0.15, 0.2) is 36.5 Å². The second-order valence-corrected chi connectivity index (χ2v) is 4.74. The number of nitrogens with one attached hydrogen (secondary N) is 1. The standard InChI is InChI=1S/C16H17N3/c1-2-6-16-15(5-1)12-14(13-18-16)4-3-9-19-10-7-17-8-11-19/h1-2,5-6,12-13,17H,7-11H2. The predicted octanol–water partition coefficient (Wildman–Crippen LogP) is 1.49. The second-order valence-electron chi connectivity index (χ2n) is 4.74. The predicted molar refractivity (Wildman–Crippen MR) is 77.9 cm³/mol. The van der Waals surface area contributed by atoms with Gasteiger partial charge in [-0.15, -0.1) is 0 Å². The molecule has 1 N–H and O–H groups in total. The van der Waals surface area contributed by atoms with Crippen LogP contribution in [0, 0.1) is 11.8 Å². The van der Waals surface area contributed by atoms with E-state index in [1.165, 1.54) is 0 Å². The monoisotopic (exact) mass is 251 g/mol. The van der Waals surface area contributed by atoms with Gasteiger partial charge < -0.3 is 5.32 Å². The van der Waals surface area contributed by atoms with E-state index in [-0.39, 0.29) is 0 Å². The molecule has 1 aliphatic rings. The lowest BCUT2D eigenvalue weighted by molar-refractivity contribution is 0.268. The van der Waals surface area contributed by atoms with Crippen LogP contribution in [0.5, 0.6) is 0 Å². The van der Waals surface area contributed by atoms with Crippen molar-refractivity contribution in [2.75, 3.05) is 32.7 Å². The maximum Gasteiger partial charge on any atom is 0.0702 e. The van der Waals surface area contributed by atoms with Crippen molar-refractivity contribution in [1.82, 2.24) is 15.2 Å². The highest BCUT2D eigenvalue weighted by molar-refractivity contribution is 5.79. The number of hydrogen-bond donors (Lipinski definition) is 1. The van der Waals surface area contributed by atoms with Crippen LogP contribution in [-0.4, -0.2) is 42.6 Å². The molecule has 2 heterocycles. The Labute approximate surface area is 113 Å². The van der Waals surface area contributed by atoms with Crippen LogP contribution in [0.4, 0.5) is 0 Å². The highest BCUT2D eigenvalue weighted by Gasteiger charge is 2.06. The van der Waals surface area contributed by atoms with Crippen molar-refractivity contribution in [3.05, 3.63) is 42.1 Å². The van der Waals surface area contributed by atoms with Gasteiger partial charge in [0.25, 0.3) is 0 Å². The topological polar surface area (TPSA) is 28.2 Å². The van der Waals surface area contributed by atoms with Crippen LogP contribution in [0.1, 0.15) is 5.56 Å². The molecule has 1 saturated heterocycles. The third-order valence-electron chi connectivity index (χ3n) is 3.34. The molecule has 0 unspecified atom stereocenters. The zero-order valence-electron chi connectivity index (χ0n) is 10.9. The van der Waals surface area contributed by atoms with E-state index in [2.05, 4.69) is 39.2 Å². The Morgan fingerprint density at radius 1 is 1.21 bits per heavy atom. The summed E-state index contributed by atoms with van der Waals surface area (Å²) in [7, 11) is 0. The first-order valence-electron chi connectivity index (χ1n) is 6.68. The number of piperazine rings is 1. The van der Waals surface area contributed by atoms with Gasteiger partial charge in [0.15, 0.2) is 0 Å². The maximum absolute atomic E-state index is 4.42. The van der Waals surface area contributed by atoms with E-state index in [4.69, 9.17) is 0 Å². The Morgan fingerprint density at radius 3 is 2.95 bits per heavy atom. The van der Waals surface area contributed by atoms with Crippen molar-refractivity contribution >= 4 is 10.9 Å². The van der Waals surface area contributed by atoms with E-state index in [9.17, 15) is 0 Å². The molecule has 1 fully saturated rings. The first-order chi connectivity index (χ1) is 9.42. The molecule has 1 aliphatic heterocycles. The Bertz CT molecular complexity index is 618. The zero-order valence-corrected chi connectivity index (χ0v) is 10.9. The molecule has 0 aliphatic carbocycles. The van der Waals surface area contributed by atoms with Crippen molar-refractivity contribution in [3.8, 4) is 11.8 Å². The summed E-state index contributed by atoms with van der Waals surface area (Å²) in [6, 6.07) is 10.2. The van der Waals surface area contributed by atoms with Crippen LogP contribution in [0.2, 0.25) is 0 Å². The lowest BCUT2D eigenvalue weighted by Gasteiger charge is -2.24. The molecule has 0 atom stereocenters. The fourth-order valence-electron chi connectivity index (χ4n) is 2.26. The fourth-order valence-corrected chi connectivity index (χ4v) is 2.26. The SMILES string of the molecule is C(#Cc1cnc2ccccc2c1)CN1CCNCC1. The second kappa shape index (κ2) is 5.83. The van der Waals surface area contributed by atoms with Crippen LogP contribution in [-0.2, 0) is 0 Å². The van der Waals surface area contributed by atoms with Gasteiger partial charge in [-0.2, -0.15) is 0 Å². The molecular formula is C16H17N3. The summed E-state index contributed by atoms with van der Waals surface area (Å²) < 4.78 is 0. The number of rotatable bonds is 1. The number of aromatic nitrogens is 1. The van der Waals surface area contributed by atoms with Gasteiger partial charge in [0.05, 0.1) is 12.1 Å². The van der Waals surface area contributed by atoms with Crippen molar-refractivity contribution in [2.45, 2.75) is 0 Å². The lowest BCUT2D eigenvalue weighted by Crippen LogP contribution is -2.43.